The third-order valence-corrected chi connectivity index (χ3v) is 6.90. The van der Waals surface area contributed by atoms with E-state index in [0.717, 1.165) is 32.7 Å². The average Bonchev–Trinajstić information content (AvgIpc) is 2.82. The van der Waals surface area contributed by atoms with Crippen LogP contribution >= 0.6 is 11.8 Å². The largest absolute Gasteiger partial charge is 0.331 e. The number of amides is 1. The van der Waals surface area contributed by atoms with Gasteiger partial charge in [-0.05, 0) is 23.3 Å². The Morgan fingerprint density at radius 3 is 2.03 bits per heavy atom. The number of nitrogens with zero attached hydrogens (tertiary/aromatic N) is 2. The van der Waals surface area contributed by atoms with Crippen LogP contribution in [0.5, 0.6) is 0 Å². The molecule has 1 fully saturated rings. The fourth-order valence-corrected chi connectivity index (χ4v) is 5.12. The van der Waals surface area contributed by atoms with E-state index in [9.17, 15) is 4.79 Å². The summed E-state index contributed by atoms with van der Waals surface area (Å²) in [6.45, 7) is 4.67. The minimum atomic E-state index is 0.176. The van der Waals surface area contributed by atoms with Gasteiger partial charge in [0.05, 0.1) is 37.2 Å². The van der Waals surface area contributed by atoms with Crippen LogP contribution in [0, 0.1) is 0 Å². The van der Waals surface area contributed by atoms with Gasteiger partial charge < -0.3 is 9.80 Å². The van der Waals surface area contributed by atoms with Crippen molar-refractivity contribution in [2.45, 2.75) is 11.8 Å². The Labute approximate surface area is 182 Å². The standard InChI is InChI=1S/C25H27N3OS/c29-24(28-17-15-27(16-18-28)19-21-11-13-26-14-12-21)20-30-25(22-7-3-1-4-8-22)23-9-5-2-6-10-23/h1-14,25H,15-20H2/p+1. The number of quaternary nitrogens is 1. The second-order valence-electron chi connectivity index (χ2n) is 7.68. The molecule has 2 aromatic carbocycles. The van der Waals surface area contributed by atoms with Gasteiger partial charge in [0.25, 0.3) is 0 Å². The van der Waals surface area contributed by atoms with Crippen molar-refractivity contribution in [2.75, 3.05) is 31.9 Å². The van der Waals surface area contributed by atoms with Gasteiger partial charge in [0.2, 0.25) is 5.91 Å². The number of carbonyl (C=O) groups excluding carboxylic acids is 1. The van der Waals surface area contributed by atoms with E-state index >= 15 is 0 Å². The smallest absolute Gasteiger partial charge is 0.233 e. The molecule has 0 aliphatic carbocycles. The molecule has 3 aromatic rings. The van der Waals surface area contributed by atoms with Crippen molar-refractivity contribution in [3.8, 4) is 0 Å². The van der Waals surface area contributed by atoms with Crippen LogP contribution < -0.4 is 4.90 Å². The lowest BCUT2D eigenvalue weighted by Crippen LogP contribution is -3.13. The van der Waals surface area contributed by atoms with Crippen LogP contribution in [0.2, 0.25) is 0 Å². The maximum absolute atomic E-state index is 12.9. The lowest BCUT2D eigenvalue weighted by Gasteiger charge is -2.32. The Bertz CT molecular complexity index is 873. The molecule has 1 aromatic heterocycles. The van der Waals surface area contributed by atoms with Crippen LogP contribution in [-0.4, -0.2) is 47.7 Å². The van der Waals surface area contributed by atoms with Crippen molar-refractivity contribution < 1.29 is 9.69 Å². The molecular weight excluding hydrogens is 390 g/mol. The maximum Gasteiger partial charge on any atom is 0.233 e. The van der Waals surface area contributed by atoms with Crippen molar-refractivity contribution in [1.29, 1.82) is 0 Å². The number of carbonyl (C=O) groups is 1. The van der Waals surface area contributed by atoms with Gasteiger partial charge in [-0.15, -0.1) is 11.8 Å². The number of hydrogen-bond donors (Lipinski definition) is 1. The monoisotopic (exact) mass is 418 g/mol. The number of pyridine rings is 1. The predicted molar refractivity (Wildman–Crippen MR) is 122 cm³/mol. The molecule has 1 aliphatic heterocycles. The van der Waals surface area contributed by atoms with Crippen molar-refractivity contribution in [3.05, 3.63) is 102 Å². The number of benzene rings is 2. The lowest BCUT2D eigenvalue weighted by atomic mass is 10.0. The van der Waals surface area contributed by atoms with E-state index in [1.165, 1.54) is 21.6 Å². The first kappa shape index (κ1) is 20.6. The molecule has 30 heavy (non-hydrogen) atoms. The first-order chi connectivity index (χ1) is 14.8. The number of nitrogens with one attached hydrogen (secondary N) is 1. The van der Waals surface area contributed by atoms with Crippen LogP contribution in [0.1, 0.15) is 21.9 Å². The van der Waals surface area contributed by atoms with Gasteiger partial charge in [-0.25, -0.2) is 0 Å². The van der Waals surface area contributed by atoms with Crippen LogP contribution in [0.3, 0.4) is 0 Å². The van der Waals surface area contributed by atoms with Crippen molar-refractivity contribution in [3.63, 3.8) is 0 Å². The van der Waals surface area contributed by atoms with E-state index in [1.807, 2.05) is 29.4 Å². The summed E-state index contributed by atoms with van der Waals surface area (Å²) in [4.78, 5) is 20.6. The van der Waals surface area contributed by atoms with Crippen molar-refractivity contribution >= 4 is 17.7 Å². The van der Waals surface area contributed by atoms with Crippen LogP contribution in [-0.2, 0) is 11.3 Å². The van der Waals surface area contributed by atoms with Gasteiger partial charge in [-0.1, -0.05) is 60.7 Å². The number of piperazine rings is 1. The highest BCUT2D eigenvalue weighted by Gasteiger charge is 2.25. The fourth-order valence-electron chi connectivity index (χ4n) is 3.92. The first-order valence-corrected chi connectivity index (χ1v) is 11.6. The second-order valence-corrected chi connectivity index (χ2v) is 8.77. The molecule has 0 saturated carbocycles. The molecule has 1 N–H and O–H groups in total. The average molecular weight is 419 g/mol. The molecule has 5 heteroatoms. The normalized spacial score (nSPS) is 14.8. The summed E-state index contributed by atoms with van der Waals surface area (Å²) in [5.74, 6) is 0.758. The number of thioether (sulfide) groups is 1. The fraction of sp³-hybridized carbons (Fsp3) is 0.280. The SMILES string of the molecule is O=C(CSC(c1ccccc1)c1ccccc1)N1CC[NH+](Cc2ccncc2)CC1. The van der Waals surface area contributed by atoms with Gasteiger partial charge >= 0.3 is 0 Å². The summed E-state index contributed by atoms with van der Waals surface area (Å²) < 4.78 is 0. The minimum absolute atomic E-state index is 0.176. The molecule has 4 nitrogen and oxygen atoms in total. The van der Waals surface area contributed by atoms with E-state index in [4.69, 9.17) is 0 Å². The van der Waals surface area contributed by atoms with Crippen molar-refractivity contribution in [1.82, 2.24) is 9.88 Å². The Morgan fingerprint density at radius 2 is 1.47 bits per heavy atom. The molecule has 1 aliphatic rings. The summed E-state index contributed by atoms with van der Waals surface area (Å²) in [6.07, 6.45) is 3.70. The third kappa shape index (κ3) is 5.49. The highest BCUT2D eigenvalue weighted by molar-refractivity contribution is 8.00. The van der Waals surface area contributed by atoms with Gasteiger partial charge in [-0.2, -0.15) is 0 Å². The molecule has 4 rings (SSSR count). The van der Waals surface area contributed by atoms with Gasteiger partial charge in [-0.3, -0.25) is 9.78 Å². The quantitative estimate of drug-likeness (QED) is 0.641. The Hall–Kier alpha value is -2.63. The first-order valence-electron chi connectivity index (χ1n) is 10.5. The molecule has 0 bridgehead atoms. The zero-order valence-corrected chi connectivity index (χ0v) is 17.9. The van der Waals surface area contributed by atoms with Gasteiger partial charge in [0, 0.05) is 18.0 Å². The zero-order chi connectivity index (χ0) is 20.6. The molecule has 1 saturated heterocycles. The zero-order valence-electron chi connectivity index (χ0n) is 17.1. The maximum atomic E-state index is 12.9. The van der Waals surface area contributed by atoms with Gasteiger partial charge in [0.15, 0.2) is 0 Å². The van der Waals surface area contributed by atoms with E-state index in [0.29, 0.717) is 5.75 Å². The lowest BCUT2D eigenvalue weighted by molar-refractivity contribution is -0.917. The summed E-state index contributed by atoms with van der Waals surface area (Å²) in [5.41, 5.74) is 3.80. The van der Waals surface area contributed by atoms with Crippen LogP contribution in [0.25, 0.3) is 0 Å². The molecule has 154 valence electrons. The van der Waals surface area contributed by atoms with E-state index < -0.39 is 0 Å². The highest BCUT2D eigenvalue weighted by Crippen LogP contribution is 2.35. The van der Waals surface area contributed by atoms with E-state index in [1.54, 1.807) is 11.8 Å². The molecule has 0 radical (unpaired) electrons. The highest BCUT2D eigenvalue weighted by atomic mass is 32.2. The molecule has 1 amide bonds. The van der Waals surface area contributed by atoms with Gasteiger partial charge in [0.1, 0.15) is 6.54 Å². The van der Waals surface area contributed by atoms with Crippen LogP contribution in [0.4, 0.5) is 0 Å². The topological polar surface area (TPSA) is 37.6 Å². The minimum Gasteiger partial charge on any atom is -0.331 e. The third-order valence-electron chi connectivity index (χ3n) is 5.60. The van der Waals surface area contributed by atoms with E-state index in [2.05, 4.69) is 65.6 Å². The molecular formula is C25H28N3OS+. The van der Waals surface area contributed by atoms with E-state index in [-0.39, 0.29) is 11.2 Å². The predicted octanol–water partition coefficient (Wildman–Crippen LogP) is 2.83. The number of hydrogen-bond acceptors (Lipinski definition) is 3. The molecule has 2 heterocycles. The molecule has 0 spiro atoms. The second kappa shape index (κ2) is 10.4. The Kier molecular flexibility index (Phi) is 7.16. The summed E-state index contributed by atoms with van der Waals surface area (Å²) in [6, 6.07) is 25.1. The summed E-state index contributed by atoms with van der Waals surface area (Å²) >= 11 is 1.73. The number of rotatable bonds is 7. The Morgan fingerprint density at radius 1 is 0.900 bits per heavy atom. The van der Waals surface area contributed by atoms with Crippen LogP contribution in [0.15, 0.2) is 85.2 Å². The molecule has 0 atom stereocenters. The summed E-state index contributed by atoms with van der Waals surface area (Å²) in [7, 11) is 0. The Balaban J connectivity index is 1.32. The number of aromatic nitrogens is 1. The van der Waals surface area contributed by atoms with Crippen molar-refractivity contribution in [2.24, 2.45) is 0 Å². The summed E-state index contributed by atoms with van der Waals surface area (Å²) in [5, 5.41) is 0.176. The molecule has 0 unspecified atom stereocenters.